The van der Waals surface area contributed by atoms with Gasteiger partial charge in [-0.1, -0.05) is 61.0 Å². The molecule has 4 nitrogen and oxygen atoms in total. The van der Waals surface area contributed by atoms with Crippen molar-refractivity contribution < 1.29 is 4.74 Å². The molecule has 25 heavy (non-hydrogen) atoms. The number of ether oxygens (including phenoxy) is 1. The smallest absolute Gasteiger partial charge is 0.119 e. The van der Waals surface area contributed by atoms with Crippen molar-refractivity contribution in [2.75, 3.05) is 6.61 Å². The van der Waals surface area contributed by atoms with Crippen molar-refractivity contribution in [3.8, 4) is 17.0 Å². The van der Waals surface area contributed by atoms with E-state index >= 15 is 0 Å². The summed E-state index contributed by atoms with van der Waals surface area (Å²) >= 11 is 0. The van der Waals surface area contributed by atoms with E-state index in [0.29, 0.717) is 12.5 Å². The van der Waals surface area contributed by atoms with Crippen molar-refractivity contribution in [2.45, 2.75) is 39.7 Å². The summed E-state index contributed by atoms with van der Waals surface area (Å²) in [7, 11) is 0. The van der Waals surface area contributed by atoms with E-state index in [0.717, 1.165) is 30.0 Å². The van der Waals surface area contributed by atoms with Gasteiger partial charge in [-0.15, -0.1) is 5.10 Å². The highest BCUT2D eigenvalue weighted by Crippen LogP contribution is 2.20. The zero-order valence-corrected chi connectivity index (χ0v) is 15.1. The summed E-state index contributed by atoms with van der Waals surface area (Å²) in [5, 5.41) is 8.50. The molecule has 2 aromatic carbocycles. The van der Waals surface area contributed by atoms with Gasteiger partial charge in [0, 0.05) is 18.5 Å². The summed E-state index contributed by atoms with van der Waals surface area (Å²) in [5.74, 6) is 1.45. The second-order valence-electron chi connectivity index (χ2n) is 6.66. The molecule has 0 aliphatic rings. The van der Waals surface area contributed by atoms with Crippen LogP contribution in [-0.4, -0.2) is 21.6 Å². The minimum atomic E-state index is 0.540. The molecule has 0 amide bonds. The average Bonchev–Trinajstić information content (AvgIpc) is 3.09. The first-order valence-electron chi connectivity index (χ1n) is 8.82. The van der Waals surface area contributed by atoms with Crippen molar-refractivity contribution in [1.82, 2.24) is 15.0 Å². The molecule has 3 aromatic rings. The fraction of sp³-hybridized carbons (Fsp3) is 0.333. The fourth-order valence-electron chi connectivity index (χ4n) is 2.63. The molecule has 4 heteroatoms. The predicted octanol–water partition coefficient (Wildman–Crippen LogP) is 4.85. The lowest BCUT2D eigenvalue weighted by atomic mass is 10.0. The largest absolute Gasteiger partial charge is 0.494 e. The molecule has 0 aliphatic heterocycles. The Hall–Kier alpha value is -2.62. The summed E-state index contributed by atoms with van der Waals surface area (Å²) in [5.41, 5.74) is 4.59. The molecular weight excluding hydrogens is 310 g/mol. The van der Waals surface area contributed by atoms with Gasteiger partial charge in [0.25, 0.3) is 0 Å². The van der Waals surface area contributed by atoms with Crippen molar-refractivity contribution in [2.24, 2.45) is 0 Å². The van der Waals surface area contributed by atoms with Gasteiger partial charge >= 0.3 is 0 Å². The van der Waals surface area contributed by atoms with Crippen LogP contribution >= 0.6 is 0 Å². The van der Waals surface area contributed by atoms with Gasteiger partial charge in [-0.25, -0.2) is 0 Å². The minimum Gasteiger partial charge on any atom is -0.494 e. The van der Waals surface area contributed by atoms with Gasteiger partial charge in [0.05, 0.1) is 12.8 Å². The molecule has 0 saturated carbocycles. The quantitative estimate of drug-likeness (QED) is 0.580. The highest BCUT2D eigenvalue weighted by molar-refractivity contribution is 5.58. The average molecular weight is 335 g/mol. The number of hydrogen-bond donors (Lipinski definition) is 0. The van der Waals surface area contributed by atoms with Crippen LogP contribution < -0.4 is 4.74 Å². The zero-order chi connectivity index (χ0) is 17.6. The third-order valence-electron chi connectivity index (χ3n) is 4.23. The lowest BCUT2D eigenvalue weighted by Gasteiger charge is -2.06. The van der Waals surface area contributed by atoms with Crippen molar-refractivity contribution in [3.63, 3.8) is 0 Å². The van der Waals surface area contributed by atoms with Crippen LogP contribution in [0.25, 0.3) is 11.3 Å². The second-order valence-corrected chi connectivity index (χ2v) is 6.66. The van der Waals surface area contributed by atoms with Crippen LogP contribution in [0.1, 0.15) is 37.3 Å². The molecule has 0 aliphatic carbocycles. The maximum absolute atomic E-state index is 5.75. The van der Waals surface area contributed by atoms with E-state index in [1.807, 2.05) is 23.0 Å². The normalized spacial score (nSPS) is 11.0. The monoisotopic (exact) mass is 335 g/mol. The molecule has 0 atom stereocenters. The number of rotatable bonds is 7. The Morgan fingerprint density at radius 2 is 1.72 bits per heavy atom. The van der Waals surface area contributed by atoms with E-state index < -0.39 is 0 Å². The van der Waals surface area contributed by atoms with Crippen LogP contribution in [0.4, 0.5) is 0 Å². The van der Waals surface area contributed by atoms with Crippen LogP contribution in [0, 0.1) is 6.92 Å². The first-order chi connectivity index (χ1) is 12.1. The van der Waals surface area contributed by atoms with Crippen LogP contribution in [0.2, 0.25) is 0 Å². The molecule has 1 heterocycles. The standard InChI is InChI=1S/C21H25N3O/c1-16(2)18-7-9-19(10-8-18)21-15-24(23-22-21)13-4-14-25-20-11-5-17(3)6-12-20/h5-12,15-16H,4,13-14H2,1-3H3. The number of benzene rings is 2. The summed E-state index contributed by atoms with van der Waals surface area (Å²) in [4.78, 5) is 0. The number of nitrogens with zero attached hydrogens (tertiary/aromatic N) is 3. The Morgan fingerprint density at radius 3 is 2.40 bits per heavy atom. The van der Waals surface area contributed by atoms with E-state index in [-0.39, 0.29) is 0 Å². The van der Waals surface area contributed by atoms with E-state index in [2.05, 4.69) is 67.5 Å². The van der Waals surface area contributed by atoms with Crippen molar-refractivity contribution in [3.05, 3.63) is 65.9 Å². The summed E-state index contributed by atoms with van der Waals surface area (Å²) in [6.07, 6.45) is 2.89. The van der Waals surface area contributed by atoms with Gasteiger partial charge in [-0.2, -0.15) is 0 Å². The molecule has 0 bridgehead atoms. The van der Waals surface area contributed by atoms with Crippen LogP contribution in [0.15, 0.2) is 54.7 Å². The molecule has 0 spiro atoms. The van der Waals surface area contributed by atoms with Crippen LogP contribution in [-0.2, 0) is 6.54 Å². The van der Waals surface area contributed by atoms with E-state index in [1.165, 1.54) is 11.1 Å². The minimum absolute atomic E-state index is 0.540. The highest BCUT2D eigenvalue weighted by atomic mass is 16.5. The Labute approximate surface area is 149 Å². The molecule has 0 N–H and O–H groups in total. The molecule has 3 rings (SSSR count). The van der Waals surface area contributed by atoms with Crippen molar-refractivity contribution in [1.29, 1.82) is 0 Å². The van der Waals surface area contributed by atoms with Gasteiger partial charge in [0.15, 0.2) is 0 Å². The summed E-state index contributed by atoms with van der Waals surface area (Å²) in [6, 6.07) is 16.7. The number of hydrogen-bond acceptors (Lipinski definition) is 3. The van der Waals surface area contributed by atoms with Gasteiger partial charge in [-0.3, -0.25) is 4.68 Å². The summed E-state index contributed by atoms with van der Waals surface area (Å²) in [6.45, 7) is 7.93. The highest BCUT2D eigenvalue weighted by Gasteiger charge is 2.05. The summed E-state index contributed by atoms with van der Waals surface area (Å²) < 4.78 is 7.63. The number of aryl methyl sites for hydroxylation is 2. The molecular formula is C21H25N3O. The second kappa shape index (κ2) is 7.97. The third kappa shape index (κ3) is 4.69. The Balaban J connectivity index is 1.50. The molecule has 0 fully saturated rings. The van der Waals surface area contributed by atoms with E-state index in [9.17, 15) is 0 Å². The molecule has 130 valence electrons. The van der Waals surface area contributed by atoms with Crippen LogP contribution in [0.3, 0.4) is 0 Å². The topological polar surface area (TPSA) is 39.9 Å². The van der Waals surface area contributed by atoms with Gasteiger partial charge in [0.2, 0.25) is 0 Å². The molecule has 0 saturated heterocycles. The first-order valence-corrected chi connectivity index (χ1v) is 8.82. The molecule has 1 aromatic heterocycles. The van der Waals surface area contributed by atoms with Gasteiger partial charge in [0.1, 0.15) is 11.4 Å². The van der Waals surface area contributed by atoms with Gasteiger partial charge in [-0.05, 0) is 30.5 Å². The molecule has 0 unspecified atom stereocenters. The maximum Gasteiger partial charge on any atom is 0.119 e. The maximum atomic E-state index is 5.75. The van der Waals surface area contributed by atoms with Crippen molar-refractivity contribution >= 4 is 0 Å². The predicted molar refractivity (Wildman–Crippen MR) is 101 cm³/mol. The lowest BCUT2D eigenvalue weighted by molar-refractivity contribution is 0.298. The van der Waals surface area contributed by atoms with E-state index in [1.54, 1.807) is 0 Å². The Morgan fingerprint density at radius 1 is 1.00 bits per heavy atom. The third-order valence-corrected chi connectivity index (χ3v) is 4.23. The fourth-order valence-corrected chi connectivity index (χ4v) is 2.63. The van der Waals surface area contributed by atoms with Crippen LogP contribution in [0.5, 0.6) is 5.75 Å². The first kappa shape index (κ1) is 17.2. The van der Waals surface area contributed by atoms with E-state index in [4.69, 9.17) is 4.74 Å². The Bertz CT molecular complexity index is 789. The SMILES string of the molecule is Cc1ccc(OCCCn2cc(-c3ccc(C(C)C)cc3)nn2)cc1. The van der Waals surface area contributed by atoms with Gasteiger partial charge < -0.3 is 4.74 Å². The lowest BCUT2D eigenvalue weighted by Crippen LogP contribution is -2.05. The zero-order valence-electron chi connectivity index (χ0n) is 15.1. The number of aromatic nitrogens is 3. The molecule has 0 radical (unpaired) electrons. The Kier molecular flexibility index (Phi) is 5.49.